The monoisotopic (exact) mass is 358 g/mol. The van der Waals surface area contributed by atoms with E-state index in [-0.39, 0.29) is 5.91 Å². The zero-order valence-electron chi connectivity index (χ0n) is 14.2. The van der Waals surface area contributed by atoms with Crippen LogP contribution in [0.25, 0.3) is 22.0 Å². The van der Waals surface area contributed by atoms with E-state index in [0.717, 1.165) is 48.1 Å². The first-order chi connectivity index (χ1) is 12.3. The fourth-order valence-corrected chi connectivity index (χ4v) is 3.29. The lowest BCUT2D eigenvalue weighted by molar-refractivity contribution is -0.137. The molecule has 0 spiro atoms. The molecule has 2 heterocycles. The van der Waals surface area contributed by atoms with Crippen molar-refractivity contribution in [2.45, 2.75) is 12.6 Å². The van der Waals surface area contributed by atoms with Crippen LogP contribution in [0.5, 0.6) is 0 Å². The SMILES string of the molecule is Cn1cc(-c2ccc(C(F)(F)F)cc2)c2ccc(C(=O)N3CCC3)cc21. The van der Waals surface area contributed by atoms with Crippen LogP contribution in [0.15, 0.2) is 48.7 Å². The van der Waals surface area contributed by atoms with Crippen LogP contribution in [-0.2, 0) is 13.2 Å². The third-order valence-corrected chi connectivity index (χ3v) is 4.90. The molecule has 2 aromatic carbocycles. The molecule has 0 atom stereocenters. The number of rotatable bonds is 2. The number of benzene rings is 2. The highest BCUT2D eigenvalue weighted by Crippen LogP contribution is 2.34. The van der Waals surface area contributed by atoms with Crippen LogP contribution in [0, 0.1) is 0 Å². The van der Waals surface area contributed by atoms with E-state index in [2.05, 4.69) is 0 Å². The largest absolute Gasteiger partial charge is 0.416 e. The Bertz CT molecular complexity index is 983. The number of alkyl halides is 3. The third kappa shape index (κ3) is 2.75. The van der Waals surface area contributed by atoms with Crippen molar-refractivity contribution in [2.75, 3.05) is 13.1 Å². The Hall–Kier alpha value is -2.76. The predicted molar refractivity (Wildman–Crippen MR) is 93.9 cm³/mol. The lowest BCUT2D eigenvalue weighted by Gasteiger charge is -2.30. The summed E-state index contributed by atoms with van der Waals surface area (Å²) in [5.41, 5.74) is 2.41. The van der Waals surface area contributed by atoms with Crippen molar-refractivity contribution < 1.29 is 18.0 Å². The van der Waals surface area contributed by atoms with Crippen molar-refractivity contribution in [1.82, 2.24) is 9.47 Å². The number of carbonyl (C=O) groups excluding carboxylic acids is 1. The molecule has 6 heteroatoms. The summed E-state index contributed by atoms with van der Waals surface area (Å²) >= 11 is 0. The Morgan fingerprint density at radius 2 is 1.73 bits per heavy atom. The molecule has 1 saturated heterocycles. The van der Waals surface area contributed by atoms with E-state index in [4.69, 9.17) is 0 Å². The first-order valence-electron chi connectivity index (χ1n) is 8.40. The van der Waals surface area contributed by atoms with E-state index < -0.39 is 11.7 Å². The van der Waals surface area contributed by atoms with E-state index in [0.29, 0.717) is 11.1 Å². The van der Waals surface area contributed by atoms with Crippen LogP contribution < -0.4 is 0 Å². The second kappa shape index (κ2) is 5.90. The maximum atomic E-state index is 12.8. The molecule has 3 nitrogen and oxygen atoms in total. The van der Waals surface area contributed by atoms with Gasteiger partial charge in [0.2, 0.25) is 0 Å². The number of aryl methyl sites for hydroxylation is 1. The molecule has 0 saturated carbocycles. The van der Waals surface area contributed by atoms with E-state index in [1.165, 1.54) is 12.1 Å². The Balaban J connectivity index is 1.73. The average Bonchev–Trinajstić information content (AvgIpc) is 2.89. The van der Waals surface area contributed by atoms with Crippen molar-refractivity contribution >= 4 is 16.8 Å². The summed E-state index contributed by atoms with van der Waals surface area (Å²) in [5.74, 6) is 0.0235. The summed E-state index contributed by atoms with van der Waals surface area (Å²) in [6, 6.07) is 10.7. The van der Waals surface area contributed by atoms with Gasteiger partial charge in [-0.05, 0) is 36.2 Å². The van der Waals surface area contributed by atoms with Gasteiger partial charge in [0.25, 0.3) is 5.91 Å². The summed E-state index contributed by atoms with van der Waals surface area (Å²) < 4.78 is 40.2. The maximum Gasteiger partial charge on any atom is 0.416 e. The number of fused-ring (bicyclic) bond motifs is 1. The Labute approximate surface area is 148 Å². The number of aromatic nitrogens is 1. The van der Waals surface area contributed by atoms with E-state index in [9.17, 15) is 18.0 Å². The van der Waals surface area contributed by atoms with Gasteiger partial charge in [0.15, 0.2) is 0 Å². The fraction of sp³-hybridized carbons (Fsp3) is 0.250. The van der Waals surface area contributed by atoms with Crippen LogP contribution in [0.2, 0.25) is 0 Å². The molecular weight excluding hydrogens is 341 g/mol. The van der Waals surface area contributed by atoms with Gasteiger partial charge in [-0.15, -0.1) is 0 Å². The first-order valence-corrected chi connectivity index (χ1v) is 8.40. The van der Waals surface area contributed by atoms with E-state index in [1.54, 1.807) is 11.0 Å². The van der Waals surface area contributed by atoms with Gasteiger partial charge in [-0.1, -0.05) is 18.2 Å². The number of halogens is 3. The van der Waals surface area contributed by atoms with Crippen molar-refractivity contribution in [1.29, 1.82) is 0 Å². The summed E-state index contributed by atoms with van der Waals surface area (Å²) in [6.45, 7) is 1.58. The molecule has 0 aliphatic carbocycles. The maximum absolute atomic E-state index is 12.8. The predicted octanol–water partition coefficient (Wildman–Crippen LogP) is 4.71. The highest BCUT2D eigenvalue weighted by Gasteiger charge is 2.30. The molecule has 0 radical (unpaired) electrons. The standard InChI is InChI=1S/C20H17F3N2O/c1-24-12-17(13-3-6-15(7-4-13)20(21,22)23)16-8-5-14(11-18(16)24)19(26)25-9-2-10-25/h3-8,11-12H,2,9-10H2,1H3. The van der Waals surface area contributed by atoms with Crippen molar-refractivity contribution in [2.24, 2.45) is 7.05 Å². The minimum atomic E-state index is -4.34. The number of carbonyl (C=O) groups is 1. The summed E-state index contributed by atoms with van der Waals surface area (Å²) in [7, 11) is 1.87. The van der Waals surface area contributed by atoms with Crippen LogP contribution >= 0.6 is 0 Å². The molecule has 1 aromatic heterocycles. The quantitative estimate of drug-likeness (QED) is 0.651. The zero-order chi connectivity index (χ0) is 18.5. The fourth-order valence-electron chi connectivity index (χ4n) is 3.29. The Morgan fingerprint density at radius 1 is 1.04 bits per heavy atom. The minimum absolute atomic E-state index is 0.0235. The smallest absolute Gasteiger partial charge is 0.350 e. The van der Waals surface area contributed by atoms with Gasteiger partial charge in [0.05, 0.1) is 5.56 Å². The van der Waals surface area contributed by atoms with Crippen LogP contribution in [0.4, 0.5) is 13.2 Å². The lowest BCUT2D eigenvalue weighted by Crippen LogP contribution is -2.41. The number of hydrogen-bond acceptors (Lipinski definition) is 1. The van der Waals surface area contributed by atoms with Crippen LogP contribution in [-0.4, -0.2) is 28.5 Å². The molecule has 0 unspecified atom stereocenters. The van der Waals surface area contributed by atoms with Gasteiger partial charge >= 0.3 is 6.18 Å². The highest BCUT2D eigenvalue weighted by molar-refractivity contribution is 6.02. The zero-order valence-corrected chi connectivity index (χ0v) is 14.2. The van der Waals surface area contributed by atoms with Gasteiger partial charge in [-0.2, -0.15) is 13.2 Å². The normalized spacial score (nSPS) is 14.5. The Morgan fingerprint density at radius 3 is 2.31 bits per heavy atom. The van der Waals surface area contributed by atoms with Gasteiger partial charge in [-0.25, -0.2) is 0 Å². The molecular formula is C20H17F3N2O. The van der Waals surface area contributed by atoms with Gasteiger partial charge in [0, 0.05) is 48.4 Å². The molecule has 1 aliphatic heterocycles. The molecule has 134 valence electrons. The van der Waals surface area contributed by atoms with Crippen molar-refractivity contribution in [3.8, 4) is 11.1 Å². The van der Waals surface area contributed by atoms with E-state index >= 15 is 0 Å². The molecule has 1 amide bonds. The molecule has 3 aromatic rings. The first kappa shape index (κ1) is 16.7. The number of likely N-dealkylation sites (tertiary alicyclic amines) is 1. The summed E-state index contributed by atoms with van der Waals surface area (Å²) in [6.07, 6.45) is -1.43. The van der Waals surface area contributed by atoms with Gasteiger partial charge in [-0.3, -0.25) is 4.79 Å². The summed E-state index contributed by atoms with van der Waals surface area (Å²) in [5, 5.41) is 0.910. The van der Waals surface area contributed by atoms with Crippen LogP contribution in [0.3, 0.4) is 0 Å². The minimum Gasteiger partial charge on any atom is -0.350 e. The number of amides is 1. The topological polar surface area (TPSA) is 25.2 Å². The molecule has 0 N–H and O–H groups in total. The molecule has 1 aliphatic rings. The number of nitrogens with zero attached hydrogens (tertiary/aromatic N) is 2. The van der Waals surface area contributed by atoms with Crippen LogP contribution in [0.1, 0.15) is 22.3 Å². The van der Waals surface area contributed by atoms with E-state index in [1.807, 2.05) is 29.9 Å². The van der Waals surface area contributed by atoms with Crippen molar-refractivity contribution in [3.63, 3.8) is 0 Å². The lowest BCUT2D eigenvalue weighted by atomic mass is 10.0. The molecule has 26 heavy (non-hydrogen) atoms. The molecule has 1 fully saturated rings. The second-order valence-electron chi connectivity index (χ2n) is 6.61. The summed E-state index contributed by atoms with van der Waals surface area (Å²) in [4.78, 5) is 14.2. The Kier molecular flexibility index (Phi) is 3.79. The van der Waals surface area contributed by atoms with Crippen molar-refractivity contribution in [3.05, 3.63) is 59.8 Å². The average molecular weight is 358 g/mol. The molecule has 4 rings (SSSR count). The third-order valence-electron chi connectivity index (χ3n) is 4.90. The molecule has 0 bridgehead atoms. The number of hydrogen-bond donors (Lipinski definition) is 0. The van der Waals surface area contributed by atoms with Gasteiger partial charge < -0.3 is 9.47 Å². The second-order valence-corrected chi connectivity index (χ2v) is 6.61. The van der Waals surface area contributed by atoms with Gasteiger partial charge in [0.1, 0.15) is 0 Å². The highest BCUT2D eigenvalue weighted by atomic mass is 19.4.